The summed E-state index contributed by atoms with van der Waals surface area (Å²) in [5.41, 5.74) is 3.42. The van der Waals surface area contributed by atoms with Gasteiger partial charge in [0, 0.05) is 11.3 Å². The summed E-state index contributed by atoms with van der Waals surface area (Å²) in [6.07, 6.45) is 7.23. The fraction of sp³-hybridized carbons (Fsp3) is 0.588. The van der Waals surface area contributed by atoms with E-state index in [2.05, 4.69) is 15.3 Å². The monoisotopic (exact) mass is 330 g/mol. The summed E-state index contributed by atoms with van der Waals surface area (Å²) in [5.74, 6) is -0.418. The van der Waals surface area contributed by atoms with Crippen LogP contribution >= 0.6 is 0 Å². The average molecular weight is 330 g/mol. The van der Waals surface area contributed by atoms with Crippen LogP contribution < -0.4 is 5.56 Å². The lowest BCUT2D eigenvalue weighted by Gasteiger charge is -2.25. The standard InChI is InChI=1S/C17H22N4O3/c1-2-24-17(23)15-13-12(9-8-11-14(13)18-19-16(11)22)21(20-15)10-6-4-3-5-7-10/h10H,2-9H2,1H3,(H2,18,19,22). The van der Waals surface area contributed by atoms with E-state index in [4.69, 9.17) is 4.74 Å². The minimum absolute atomic E-state index is 0.115. The van der Waals surface area contributed by atoms with E-state index in [1.807, 2.05) is 4.68 Å². The quantitative estimate of drug-likeness (QED) is 0.845. The van der Waals surface area contributed by atoms with Crippen molar-refractivity contribution in [2.24, 2.45) is 0 Å². The maximum atomic E-state index is 12.4. The maximum Gasteiger partial charge on any atom is 0.359 e. The first-order valence-electron chi connectivity index (χ1n) is 8.79. The van der Waals surface area contributed by atoms with Crippen LogP contribution in [0.1, 0.15) is 66.8 Å². The molecule has 24 heavy (non-hydrogen) atoms. The number of carbonyl (C=O) groups is 1. The van der Waals surface area contributed by atoms with Gasteiger partial charge in [0.15, 0.2) is 5.69 Å². The molecular formula is C17H22N4O3. The van der Waals surface area contributed by atoms with Gasteiger partial charge in [0.05, 0.1) is 23.9 Å². The third-order valence-electron chi connectivity index (χ3n) is 5.14. The third-order valence-corrected chi connectivity index (χ3v) is 5.14. The lowest BCUT2D eigenvalue weighted by Crippen LogP contribution is -2.19. The molecule has 1 fully saturated rings. The van der Waals surface area contributed by atoms with Crippen molar-refractivity contribution in [2.75, 3.05) is 6.61 Å². The molecule has 0 aliphatic heterocycles. The molecule has 2 aliphatic rings. The van der Waals surface area contributed by atoms with Gasteiger partial charge in [-0.15, -0.1) is 0 Å². The summed E-state index contributed by atoms with van der Waals surface area (Å²) >= 11 is 0. The number of fused-ring (bicyclic) bond motifs is 3. The van der Waals surface area contributed by atoms with E-state index in [1.54, 1.807) is 6.92 Å². The van der Waals surface area contributed by atoms with Crippen LogP contribution in [0.15, 0.2) is 4.79 Å². The van der Waals surface area contributed by atoms with Crippen LogP contribution in [0.25, 0.3) is 11.3 Å². The van der Waals surface area contributed by atoms with Crippen molar-refractivity contribution in [3.05, 3.63) is 27.3 Å². The zero-order valence-corrected chi connectivity index (χ0v) is 13.9. The van der Waals surface area contributed by atoms with Crippen LogP contribution in [-0.4, -0.2) is 32.6 Å². The maximum absolute atomic E-state index is 12.4. The second-order valence-corrected chi connectivity index (χ2v) is 6.56. The van der Waals surface area contributed by atoms with Crippen molar-refractivity contribution < 1.29 is 9.53 Å². The van der Waals surface area contributed by atoms with E-state index in [9.17, 15) is 9.59 Å². The Morgan fingerprint density at radius 2 is 2.04 bits per heavy atom. The van der Waals surface area contributed by atoms with E-state index in [-0.39, 0.29) is 5.56 Å². The van der Waals surface area contributed by atoms with E-state index in [1.165, 1.54) is 19.3 Å². The van der Waals surface area contributed by atoms with Crippen LogP contribution in [0.5, 0.6) is 0 Å². The molecule has 0 atom stereocenters. The SMILES string of the molecule is CCOC(=O)c1nn(C2CCCCC2)c2c1-c1[nH][nH]c(=O)c1CC2. The summed E-state index contributed by atoms with van der Waals surface area (Å²) in [6, 6.07) is 0.336. The molecule has 0 radical (unpaired) electrons. The van der Waals surface area contributed by atoms with Crippen LogP contribution in [0.2, 0.25) is 0 Å². The Balaban J connectivity index is 1.87. The number of H-pyrrole nitrogens is 2. The number of nitrogens with zero attached hydrogens (tertiary/aromatic N) is 2. The summed E-state index contributed by atoms with van der Waals surface area (Å²) in [7, 11) is 0. The van der Waals surface area contributed by atoms with Crippen molar-refractivity contribution in [3.63, 3.8) is 0 Å². The second-order valence-electron chi connectivity index (χ2n) is 6.56. The van der Waals surface area contributed by atoms with Gasteiger partial charge in [0.2, 0.25) is 0 Å². The minimum Gasteiger partial charge on any atom is -0.461 e. The van der Waals surface area contributed by atoms with Gasteiger partial charge in [0.25, 0.3) is 5.56 Å². The number of aromatic nitrogens is 4. The highest BCUT2D eigenvalue weighted by molar-refractivity contribution is 5.96. The molecule has 0 amide bonds. The fourth-order valence-corrected chi connectivity index (χ4v) is 4.02. The molecule has 0 unspecified atom stereocenters. The summed E-state index contributed by atoms with van der Waals surface area (Å²) in [5, 5.41) is 10.2. The predicted molar refractivity (Wildman–Crippen MR) is 88.1 cm³/mol. The normalized spacial score (nSPS) is 17.4. The number of aromatic amines is 2. The molecular weight excluding hydrogens is 308 g/mol. The molecule has 2 aromatic heterocycles. The van der Waals surface area contributed by atoms with Gasteiger partial charge in [-0.2, -0.15) is 5.10 Å². The van der Waals surface area contributed by atoms with Gasteiger partial charge in [-0.3, -0.25) is 19.7 Å². The number of carbonyl (C=O) groups excluding carboxylic acids is 1. The lowest BCUT2D eigenvalue weighted by molar-refractivity contribution is 0.0518. The average Bonchev–Trinajstić information content (AvgIpc) is 3.17. The number of ether oxygens (including phenoxy) is 1. The first-order valence-corrected chi connectivity index (χ1v) is 8.79. The molecule has 128 valence electrons. The molecule has 2 N–H and O–H groups in total. The highest BCUT2D eigenvalue weighted by atomic mass is 16.5. The van der Waals surface area contributed by atoms with Crippen LogP contribution in [-0.2, 0) is 17.6 Å². The molecule has 7 heteroatoms. The molecule has 4 rings (SSSR count). The first kappa shape index (κ1) is 15.2. The number of hydrogen-bond donors (Lipinski definition) is 2. The van der Waals surface area contributed by atoms with E-state index in [0.29, 0.717) is 36.0 Å². The molecule has 0 spiro atoms. The Bertz CT molecular complexity index is 823. The van der Waals surface area contributed by atoms with Gasteiger partial charge in [-0.05, 0) is 32.6 Å². The number of hydrogen-bond acceptors (Lipinski definition) is 4. The van der Waals surface area contributed by atoms with Gasteiger partial charge in [0.1, 0.15) is 0 Å². The summed E-state index contributed by atoms with van der Waals surface area (Å²) in [4.78, 5) is 24.4. The van der Waals surface area contributed by atoms with Gasteiger partial charge in [-0.25, -0.2) is 4.79 Å². The highest BCUT2D eigenvalue weighted by Crippen LogP contribution is 2.38. The zero-order valence-electron chi connectivity index (χ0n) is 13.9. The van der Waals surface area contributed by atoms with Crippen molar-refractivity contribution in [1.82, 2.24) is 20.0 Å². The Morgan fingerprint density at radius 3 is 2.79 bits per heavy atom. The Morgan fingerprint density at radius 1 is 1.25 bits per heavy atom. The molecule has 0 bridgehead atoms. The number of nitrogens with one attached hydrogen (secondary N) is 2. The number of rotatable bonds is 3. The largest absolute Gasteiger partial charge is 0.461 e. The van der Waals surface area contributed by atoms with Crippen molar-refractivity contribution in [1.29, 1.82) is 0 Å². The molecule has 0 saturated heterocycles. The van der Waals surface area contributed by atoms with E-state index in [0.717, 1.165) is 30.5 Å². The molecule has 7 nitrogen and oxygen atoms in total. The smallest absolute Gasteiger partial charge is 0.359 e. The van der Waals surface area contributed by atoms with E-state index < -0.39 is 5.97 Å². The van der Waals surface area contributed by atoms with Crippen molar-refractivity contribution in [2.45, 2.75) is 57.9 Å². The molecule has 2 aliphatic carbocycles. The topological polar surface area (TPSA) is 92.8 Å². The highest BCUT2D eigenvalue weighted by Gasteiger charge is 2.33. The van der Waals surface area contributed by atoms with Crippen LogP contribution in [0.3, 0.4) is 0 Å². The zero-order chi connectivity index (χ0) is 16.7. The minimum atomic E-state index is -0.418. The Labute approximate surface area is 139 Å². The van der Waals surface area contributed by atoms with Gasteiger partial charge >= 0.3 is 5.97 Å². The summed E-state index contributed by atoms with van der Waals surface area (Å²) < 4.78 is 7.24. The van der Waals surface area contributed by atoms with Crippen molar-refractivity contribution >= 4 is 5.97 Å². The van der Waals surface area contributed by atoms with Gasteiger partial charge in [-0.1, -0.05) is 19.3 Å². The van der Waals surface area contributed by atoms with E-state index >= 15 is 0 Å². The fourth-order valence-electron chi connectivity index (χ4n) is 4.02. The molecule has 2 heterocycles. The number of esters is 1. The van der Waals surface area contributed by atoms with Crippen LogP contribution in [0.4, 0.5) is 0 Å². The van der Waals surface area contributed by atoms with Gasteiger partial charge < -0.3 is 4.74 Å². The summed E-state index contributed by atoms with van der Waals surface area (Å²) in [6.45, 7) is 2.09. The Kier molecular flexibility index (Phi) is 3.78. The first-order chi connectivity index (χ1) is 11.7. The van der Waals surface area contributed by atoms with Crippen LogP contribution in [0, 0.1) is 0 Å². The third kappa shape index (κ3) is 2.30. The predicted octanol–water partition coefficient (Wildman–Crippen LogP) is 2.35. The van der Waals surface area contributed by atoms with Crippen molar-refractivity contribution in [3.8, 4) is 11.3 Å². The molecule has 0 aromatic carbocycles. The lowest BCUT2D eigenvalue weighted by atomic mass is 9.92. The molecule has 1 saturated carbocycles. The second kappa shape index (κ2) is 5.96. The Hall–Kier alpha value is -2.31. The molecule has 2 aromatic rings.